The van der Waals surface area contributed by atoms with Crippen LogP contribution < -0.4 is 10.2 Å². The third-order valence-corrected chi connectivity index (χ3v) is 6.81. The van der Waals surface area contributed by atoms with Crippen molar-refractivity contribution in [2.24, 2.45) is 4.99 Å². The van der Waals surface area contributed by atoms with Crippen molar-refractivity contribution < 1.29 is 19.1 Å². The summed E-state index contributed by atoms with van der Waals surface area (Å²) in [6.45, 7) is 2.99. The largest absolute Gasteiger partial charge is 0.442 e. The van der Waals surface area contributed by atoms with Crippen LogP contribution >= 0.6 is 0 Å². The van der Waals surface area contributed by atoms with Crippen molar-refractivity contribution in [3.05, 3.63) is 102 Å². The summed E-state index contributed by atoms with van der Waals surface area (Å²) in [6, 6.07) is 26.2. The lowest BCUT2D eigenvalue weighted by atomic mass is 10.0. The molecule has 3 aromatic carbocycles. The quantitative estimate of drug-likeness (QED) is 0.535. The van der Waals surface area contributed by atoms with Gasteiger partial charge in [0.15, 0.2) is 0 Å². The number of amides is 3. The van der Waals surface area contributed by atoms with E-state index in [2.05, 4.69) is 5.32 Å². The van der Waals surface area contributed by atoms with Crippen LogP contribution in [0, 0.1) is 0 Å². The number of anilines is 1. The molecule has 1 saturated heterocycles. The third-order valence-electron chi connectivity index (χ3n) is 6.81. The van der Waals surface area contributed by atoms with Crippen molar-refractivity contribution in [1.29, 1.82) is 0 Å². The predicted molar refractivity (Wildman–Crippen MR) is 145 cm³/mol. The Morgan fingerprint density at radius 1 is 0.947 bits per heavy atom. The van der Waals surface area contributed by atoms with Gasteiger partial charge in [0.05, 0.1) is 11.4 Å². The molecule has 0 radical (unpaired) electrons. The lowest BCUT2D eigenvalue weighted by molar-refractivity contribution is -0.130. The first-order valence-electron chi connectivity index (χ1n) is 12.8. The molecule has 0 aliphatic carbocycles. The van der Waals surface area contributed by atoms with Gasteiger partial charge in [0.2, 0.25) is 12.1 Å². The fraction of sp³-hybridized carbons (Fsp3) is 0.267. The van der Waals surface area contributed by atoms with Crippen molar-refractivity contribution in [3.63, 3.8) is 0 Å². The average Bonchev–Trinajstić information content (AvgIpc) is 3.47. The van der Waals surface area contributed by atoms with Crippen LogP contribution in [0.2, 0.25) is 0 Å². The number of aliphatic imine (C=N–C) groups is 1. The third kappa shape index (κ3) is 5.44. The molecule has 2 aliphatic heterocycles. The molecule has 2 aliphatic rings. The standard InChI is InChI=1S/C30H30N4O4/c1-21(22-12-4-2-5-13-22)38-30(37)32-28-29(36)34(20-26(35)33-18-10-11-19-33)25-17-9-8-16-24(25)27(31-28)23-14-6-3-7-15-23/h2-9,12-17,21,28H,10-11,18-20H2,1H3,(H,32,37)/t21-,28+/m0/s1. The van der Waals surface area contributed by atoms with E-state index in [0.29, 0.717) is 30.1 Å². The maximum atomic E-state index is 13.9. The van der Waals surface area contributed by atoms with E-state index in [9.17, 15) is 14.4 Å². The molecule has 2 heterocycles. The van der Waals surface area contributed by atoms with Gasteiger partial charge in [-0.05, 0) is 31.4 Å². The van der Waals surface area contributed by atoms with E-state index in [4.69, 9.17) is 9.73 Å². The van der Waals surface area contributed by atoms with Crippen LogP contribution in [0.4, 0.5) is 10.5 Å². The zero-order chi connectivity index (χ0) is 26.5. The van der Waals surface area contributed by atoms with Gasteiger partial charge >= 0.3 is 6.09 Å². The zero-order valence-corrected chi connectivity index (χ0v) is 21.2. The SMILES string of the molecule is C[C@H](OC(=O)N[C@H]1N=C(c2ccccc2)c2ccccc2N(CC(=O)N2CCCC2)C1=O)c1ccccc1. The maximum Gasteiger partial charge on any atom is 0.409 e. The fourth-order valence-corrected chi connectivity index (χ4v) is 4.81. The Morgan fingerprint density at radius 3 is 2.29 bits per heavy atom. The summed E-state index contributed by atoms with van der Waals surface area (Å²) in [7, 11) is 0. The Hall–Kier alpha value is -4.46. The monoisotopic (exact) mass is 510 g/mol. The number of ether oxygens (including phenoxy) is 1. The highest BCUT2D eigenvalue weighted by Crippen LogP contribution is 2.29. The number of carbonyl (C=O) groups is 3. The topological polar surface area (TPSA) is 91.3 Å². The normalized spacial score (nSPS) is 17.8. The number of para-hydroxylation sites is 1. The average molecular weight is 511 g/mol. The molecule has 0 bridgehead atoms. The predicted octanol–water partition coefficient (Wildman–Crippen LogP) is 4.31. The fourth-order valence-electron chi connectivity index (χ4n) is 4.81. The van der Waals surface area contributed by atoms with E-state index in [1.807, 2.05) is 78.9 Å². The Kier molecular flexibility index (Phi) is 7.49. The van der Waals surface area contributed by atoms with Crippen molar-refractivity contribution >= 4 is 29.3 Å². The summed E-state index contributed by atoms with van der Waals surface area (Å²) in [5, 5.41) is 2.65. The first-order valence-corrected chi connectivity index (χ1v) is 12.8. The van der Waals surface area contributed by atoms with Gasteiger partial charge in [-0.25, -0.2) is 9.79 Å². The van der Waals surface area contributed by atoms with Crippen molar-refractivity contribution in [2.75, 3.05) is 24.5 Å². The van der Waals surface area contributed by atoms with Crippen LogP contribution in [0.1, 0.15) is 42.6 Å². The molecule has 1 fully saturated rings. The molecule has 3 amide bonds. The van der Waals surface area contributed by atoms with Crippen LogP contribution in [-0.4, -0.2) is 54.3 Å². The molecule has 2 atom stereocenters. The number of likely N-dealkylation sites (tertiary alicyclic amines) is 1. The lowest BCUT2D eigenvalue weighted by Gasteiger charge is -2.27. The van der Waals surface area contributed by atoms with Crippen molar-refractivity contribution in [1.82, 2.24) is 10.2 Å². The molecular weight excluding hydrogens is 480 g/mol. The van der Waals surface area contributed by atoms with E-state index < -0.39 is 24.3 Å². The number of rotatable bonds is 6. The van der Waals surface area contributed by atoms with E-state index in [-0.39, 0.29) is 12.5 Å². The number of carbonyl (C=O) groups excluding carboxylic acids is 3. The van der Waals surface area contributed by atoms with Crippen LogP contribution in [0.5, 0.6) is 0 Å². The van der Waals surface area contributed by atoms with Gasteiger partial charge in [0.25, 0.3) is 5.91 Å². The minimum atomic E-state index is -1.28. The molecule has 8 nitrogen and oxygen atoms in total. The summed E-state index contributed by atoms with van der Waals surface area (Å²) in [5.41, 5.74) is 3.44. The molecular formula is C30H30N4O4. The van der Waals surface area contributed by atoms with E-state index in [0.717, 1.165) is 24.0 Å². The summed E-state index contributed by atoms with van der Waals surface area (Å²) >= 11 is 0. The molecule has 194 valence electrons. The van der Waals surface area contributed by atoms with Gasteiger partial charge in [-0.15, -0.1) is 0 Å². The Labute approximate surface area is 221 Å². The van der Waals surface area contributed by atoms with Gasteiger partial charge < -0.3 is 9.64 Å². The second-order valence-electron chi connectivity index (χ2n) is 9.38. The highest BCUT2D eigenvalue weighted by atomic mass is 16.6. The molecule has 0 spiro atoms. The van der Waals surface area contributed by atoms with E-state index >= 15 is 0 Å². The van der Waals surface area contributed by atoms with Crippen LogP contribution in [0.25, 0.3) is 0 Å². The number of benzene rings is 3. The highest BCUT2D eigenvalue weighted by Gasteiger charge is 2.35. The molecule has 5 rings (SSSR count). The highest BCUT2D eigenvalue weighted by molar-refractivity contribution is 6.20. The zero-order valence-electron chi connectivity index (χ0n) is 21.2. The second-order valence-corrected chi connectivity index (χ2v) is 9.38. The summed E-state index contributed by atoms with van der Waals surface area (Å²) < 4.78 is 5.58. The molecule has 38 heavy (non-hydrogen) atoms. The first-order chi connectivity index (χ1) is 18.5. The minimum absolute atomic E-state index is 0.132. The molecule has 1 N–H and O–H groups in total. The number of alkyl carbamates (subject to hydrolysis) is 1. The van der Waals surface area contributed by atoms with Crippen molar-refractivity contribution in [3.8, 4) is 0 Å². The number of benzodiazepines with no additional fused rings is 1. The van der Waals surface area contributed by atoms with Gasteiger partial charge in [-0.3, -0.25) is 19.8 Å². The number of nitrogens with zero attached hydrogens (tertiary/aromatic N) is 3. The van der Waals surface area contributed by atoms with Gasteiger partial charge in [-0.1, -0.05) is 78.9 Å². The summed E-state index contributed by atoms with van der Waals surface area (Å²) in [4.78, 5) is 47.9. The number of hydrogen-bond acceptors (Lipinski definition) is 5. The lowest BCUT2D eigenvalue weighted by Crippen LogP contribution is -2.50. The maximum absolute atomic E-state index is 13.9. The number of nitrogens with one attached hydrogen (secondary N) is 1. The van der Waals surface area contributed by atoms with Gasteiger partial charge in [0.1, 0.15) is 12.6 Å². The van der Waals surface area contributed by atoms with Crippen LogP contribution in [0.15, 0.2) is 89.9 Å². The van der Waals surface area contributed by atoms with Crippen molar-refractivity contribution in [2.45, 2.75) is 32.0 Å². The van der Waals surface area contributed by atoms with Gasteiger partial charge in [0, 0.05) is 24.2 Å². The molecule has 0 saturated carbocycles. The Bertz CT molecular complexity index is 1340. The first kappa shape index (κ1) is 25.2. The minimum Gasteiger partial charge on any atom is -0.442 e. The smallest absolute Gasteiger partial charge is 0.409 e. The van der Waals surface area contributed by atoms with E-state index in [1.54, 1.807) is 17.9 Å². The molecule has 0 aromatic heterocycles. The molecule has 8 heteroatoms. The molecule has 3 aromatic rings. The number of fused-ring (bicyclic) bond motifs is 1. The molecule has 0 unspecified atom stereocenters. The summed E-state index contributed by atoms with van der Waals surface area (Å²) in [6.07, 6.45) is -0.674. The number of hydrogen-bond donors (Lipinski definition) is 1. The van der Waals surface area contributed by atoms with E-state index in [1.165, 1.54) is 4.90 Å². The Balaban J connectivity index is 1.48. The summed E-state index contributed by atoms with van der Waals surface area (Å²) in [5.74, 6) is -0.631. The van der Waals surface area contributed by atoms with Gasteiger partial charge in [-0.2, -0.15) is 0 Å². The van der Waals surface area contributed by atoms with Crippen LogP contribution in [-0.2, 0) is 14.3 Å². The van der Waals surface area contributed by atoms with Crippen LogP contribution in [0.3, 0.4) is 0 Å². The Morgan fingerprint density at radius 2 is 1.58 bits per heavy atom. The second kappa shape index (κ2) is 11.3.